The van der Waals surface area contributed by atoms with Gasteiger partial charge in [-0.25, -0.2) is 0 Å². The summed E-state index contributed by atoms with van der Waals surface area (Å²) >= 11 is 0. The number of hydrogen-bond donors (Lipinski definition) is 2. The molecule has 21 heavy (non-hydrogen) atoms. The fourth-order valence-corrected chi connectivity index (χ4v) is 2.11. The highest BCUT2D eigenvalue weighted by Gasteiger charge is 2.39. The summed E-state index contributed by atoms with van der Waals surface area (Å²) in [6, 6.07) is 5.71. The zero-order valence-electron chi connectivity index (χ0n) is 13.1. The third-order valence-corrected chi connectivity index (χ3v) is 3.82. The zero-order valence-corrected chi connectivity index (χ0v) is 13.1. The second-order valence-corrected chi connectivity index (χ2v) is 5.26. The lowest BCUT2D eigenvalue weighted by molar-refractivity contribution is -0.138. The van der Waals surface area contributed by atoms with E-state index in [-0.39, 0.29) is 11.7 Å². The summed E-state index contributed by atoms with van der Waals surface area (Å²) in [7, 11) is 0. The number of aromatic nitrogens is 1. The average Bonchev–Trinajstić information content (AvgIpc) is 2.50. The Kier molecular flexibility index (Phi) is 5.69. The third kappa shape index (κ3) is 3.71. The summed E-state index contributed by atoms with van der Waals surface area (Å²) in [4.78, 5) is 18.8. The van der Waals surface area contributed by atoms with Gasteiger partial charge in [0, 0.05) is 12.2 Å². The van der Waals surface area contributed by atoms with E-state index in [4.69, 9.17) is 10.9 Å². The van der Waals surface area contributed by atoms with Gasteiger partial charge in [-0.3, -0.25) is 9.78 Å². The number of aryl methyl sites for hydroxylation is 1. The number of carbonyl (C=O) groups excluding carboxylic acids is 1. The van der Waals surface area contributed by atoms with Gasteiger partial charge >= 0.3 is 0 Å². The number of oxime groups is 1. The summed E-state index contributed by atoms with van der Waals surface area (Å²) in [6.07, 6.45) is 0.458. The first kappa shape index (κ1) is 16.9. The molecule has 3 N–H and O–H groups in total. The summed E-state index contributed by atoms with van der Waals surface area (Å²) in [5.41, 5.74) is 6.43. The van der Waals surface area contributed by atoms with E-state index < -0.39 is 5.41 Å². The molecule has 6 nitrogen and oxygen atoms in total. The highest BCUT2D eigenvalue weighted by molar-refractivity contribution is 6.06. The Labute approximate surface area is 125 Å². The SMILES string of the molecule is CCN(Cc1cccc(C)n1)C(=O)C(C)(CC)/C(N)=N/O. The van der Waals surface area contributed by atoms with Crippen molar-refractivity contribution in [1.82, 2.24) is 9.88 Å². The number of rotatable bonds is 6. The Hall–Kier alpha value is -2.11. The molecule has 6 heteroatoms. The molecule has 0 radical (unpaired) electrons. The monoisotopic (exact) mass is 292 g/mol. The van der Waals surface area contributed by atoms with Gasteiger partial charge in [-0.1, -0.05) is 18.1 Å². The molecule has 1 unspecified atom stereocenters. The standard InChI is InChI=1S/C15H24N4O2/c1-5-15(4,13(16)18-21)14(20)19(6-2)10-12-9-7-8-11(3)17-12/h7-9,21H,5-6,10H2,1-4H3,(H2,16,18). The van der Waals surface area contributed by atoms with Crippen LogP contribution < -0.4 is 5.73 Å². The van der Waals surface area contributed by atoms with Gasteiger partial charge in [-0.15, -0.1) is 0 Å². The minimum atomic E-state index is -1.01. The number of amides is 1. The van der Waals surface area contributed by atoms with Crippen LogP contribution in [-0.2, 0) is 11.3 Å². The normalized spacial score (nSPS) is 14.6. The van der Waals surface area contributed by atoms with Crippen LogP contribution in [0.15, 0.2) is 23.4 Å². The van der Waals surface area contributed by atoms with Crippen LogP contribution in [0, 0.1) is 12.3 Å². The molecule has 0 fully saturated rings. The van der Waals surface area contributed by atoms with E-state index in [1.54, 1.807) is 11.8 Å². The zero-order chi connectivity index (χ0) is 16.0. The Bertz CT molecular complexity index is 530. The topological polar surface area (TPSA) is 91.8 Å². The molecule has 1 atom stereocenters. The largest absolute Gasteiger partial charge is 0.409 e. The van der Waals surface area contributed by atoms with E-state index in [1.807, 2.05) is 39.0 Å². The lowest BCUT2D eigenvalue weighted by atomic mass is 9.84. The van der Waals surface area contributed by atoms with Gasteiger partial charge in [0.15, 0.2) is 5.84 Å². The molecule has 1 aromatic heterocycles. The van der Waals surface area contributed by atoms with Gasteiger partial charge in [-0.2, -0.15) is 0 Å². The van der Waals surface area contributed by atoms with Gasteiger partial charge in [0.25, 0.3) is 0 Å². The summed E-state index contributed by atoms with van der Waals surface area (Å²) in [5, 5.41) is 11.9. The van der Waals surface area contributed by atoms with Gasteiger partial charge in [-0.05, 0) is 39.3 Å². The first-order valence-corrected chi connectivity index (χ1v) is 7.09. The van der Waals surface area contributed by atoms with Gasteiger partial charge in [0.05, 0.1) is 12.2 Å². The van der Waals surface area contributed by atoms with Crippen molar-refractivity contribution >= 4 is 11.7 Å². The predicted octanol–water partition coefficient (Wildman–Crippen LogP) is 1.90. The van der Waals surface area contributed by atoms with Crippen LogP contribution in [0.5, 0.6) is 0 Å². The fourth-order valence-electron chi connectivity index (χ4n) is 2.11. The van der Waals surface area contributed by atoms with E-state index in [0.717, 1.165) is 11.4 Å². The molecule has 1 amide bonds. The molecular weight excluding hydrogens is 268 g/mol. The summed E-state index contributed by atoms with van der Waals surface area (Å²) < 4.78 is 0. The van der Waals surface area contributed by atoms with Crippen molar-refractivity contribution in [3.8, 4) is 0 Å². The highest BCUT2D eigenvalue weighted by atomic mass is 16.4. The molecule has 0 aliphatic heterocycles. The second-order valence-electron chi connectivity index (χ2n) is 5.26. The molecule has 1 rings (SSSR count). The van der Waals surface area contributed by atoms with E-state index in [1.165, 1.54) is 0 Å². The van der Waals surface area contributed by atoms with Crippen molar-refractivity contribution in [2.75, 3.05) is 6.54 Å². The number of carbonyl (C=O) groups is 1. The Morgan fingerprint density at radius 3 is 2.62 bits per heavy atom. The van der Waals surface area contributed by atoms with Crippen LogP contribution in [0.4, 0.5) is 0 Å². The van der Waals surface area contributed by atoms with Crippen molar-refractivity contribution in [2.45, 2.75) is 40.7 Å². The van der Waals surface area contributed by atoms with E-state index >= 15 is 0 Å². The van der Waals surface area contributed by atoms with Crippen molar-refractivity contribution in [3.63, 3.8) is 0 Å². The Morgan fingerprint density at radius 2 is 2.14 bits per heavy atom. The number of nitrogens with two attached hydrogens (primary N) is 1. The highest BCUT2D eigenvalue weighted by Crippen LogP contribution is 2.25. The Morgan fingerprint density at radius 1 is 1.48 bits per heavy atom. The molecule has 0 aliphatic rings. The van der Waals surface area contributed by atoms with Crippen LogP contribution in [-0.4, -0.2) is 33.4 Å². The molecule has 0 saturated carbocycles. The smallest absolute Gasteiger partial charge is 0.236 e. The molecule has 0 saturated heterocycles. The van der Waals surface area contributed by atoms with Crippen LogP contribution in [0.1, 0.15) is 38.6 Å². The molecule has 0 spiro atoms. The minimum Gasteiger partial charge on any atom is -0.409 e. The van der Waals surface area contributed by atoms with Crippen LogP contribution in [0.3, 0.4) is 0 Å². The molecule has 1 aromatic rings. The lowest BCUT2D eigenvalue weighted by Crippen LogP contribution is -2.49. The quantitative estimate of drug-likeness (QED) is 0.362. The maximum absolute atomic E-state index is 12.7. The predicted molar refractivity (Wildman–Crippen MR) is 81.9 cm³/mol. The summed E-state index contributed by atoms with van der Waals surface area (Å²) in [6.45, 7) is 8.28. The molecule has 0 aliphatic carbocycles. The van der Waals surface area contributed by atoms with Crippen LogP contribution in [0.2, 0.25) is 0 Å². The van der Waals surface area contributed by atoms with E-state index in [2.05, 4.69) is 10.1 Å². The van der Waals surface area contributed by atoms with Crippen LogP contribution in [0.25, 0.3) is 0 Å². The molecule has 116 valence electrons. The van der Waals surface area contributed by atoms with Crippen molar-refractivity contribution in [1.29, 1.82) is 0 Å². The van der Waals surface area contributed by atoms with Crippen LogP contribution >= 0.6 is 0 Å². The molecule has 0 aromatic carbocycles. The Balaban J connectivity index is 3.01. The maximum atomic E-state index is 12.7. The van der Waals surface area contributed by atoms with Crippen molar-refractivity contribution in [3.05, 3.63) is 29.6 Å². The maximum Gasteiger partial charge on any atom is 0.236 e. The van der Waals surface area contributed by atoms with E-state index in [9.17, 15) is 4.79 Å². The van der Waals surface area contributed by atoms with Crippen molar-refractivity contribution in [2.24, 2.45) is 16.3 Å². The first-order chi connectivity index (χ1) is 9.88. The van der Waals surface area contributed by atoms with Gasteiger partial charge < -0.3 is 15.8 Å². The number of hydrogen-bond acceptors (Lipinski definition) is 4. The second kappa shape index (κ2) is 7.06. The number of pyridine rings is 1. The van der Waals surface area contributed by atoms with Crippen molar-refractivity contribution < 1.29 is 10.0 Å². The number of amidine groups is 1. The third-order valence-electron chi connectivity index (χ3n) is 3.82. The van der Waals surface area contributed by atoms with Gasteiger partial charge in [0.1, 0.15) is 5.41 Å². The molecular formula is C15H24N4O2. The molecule has 1 heterocycles. The molecule has 0 bridgehead atoms. The summed E-state index contributed by atoms with van der Waals surface area (Å²) in [5.74, 6) is -0.225. The van der Waals surface area contributed by atoms with E-state index in [0.29, 0.717) is 19.5 Å². The van der Waals surface area contributed by atoms with Gasteiger partial charge in [0.2, 0.25) is 5.91 Å². The lowest BCUT2D eigenvalue weighted by Gasteiger charge is -2.32. The minimum absolute atomic E-state index is 0.0642. The fraction of sp³-hybridized carbons (Fsp3) is 0.533. The number of nitrogens with zero attached hydrogens (tertiary/aromatic N) is 3. The first-order valence-electron chi connectivity index (χ1n) is 7.09. The average molecular weight is 292 g/mol.